The topological polar surface area (TPSA) is 103 Å². The molecule has 1 atom stereocenters. The van der Waals surface area contributed by atoms with Crippen molar-refractivity contribution in [2.75, 3.05) is 6.61 Å². The van der Waals surface area contributed by atoms with Crippen LogP contribution < -0.4 is 0 Å². The lowest BCUT2D eigenvalue weighted by molar-refractivity contribution is -0.384. The van der Waals surface area contributed by atoms with Crippen LogP contribution in [-0.4, -0.2) is 40.9 Å². The molecule has 2 aliphatic rings. The molecule has 4 rings (SSSR count). The maximum absolute atomic E-state index is 13.7. The SMILES string of the molecule is CCCCOC(=O)[C@@]1(Cc2ccc([N+](=O)[O-])cc2)N=C(c2ccccc2)OC1=NC1CCCCC1. The third kappa shape index (κ3) is 5.75. The zero-order valence-corrected chi connectivity index (χ0v) is 20.0. The summed E-state index contributed by atoms with van der Waals surface area (Å²) in [6.07, 6.45) is 7.00. The zero-order chi connectivity index (χ0) is 24.7. The standard InChI is InChI=1S/C27H31N3O5/c1-2-3-18-34-26(31)27(19-20-14-16-23(17-15-20)30(32)33)25(28-22-12-8-5-9-13-22)35-24(29-27)21-10-6-4-7-11-21/h4,6-7,10-11,14-17,22H,2-3,5,8-9,12-13,18-19H2,1H3/t27-/m0/s1. The molecule has 0 bridgehead atoms. The normalized spacial score (nSPS) is 21.4. The molecule has 184 valence electrons. The highest BCUT2D eigenvalue weighted by Gasteiger charge is 2.52. The van der Waals surface area contributed by atoms with Crippen LogP contribution in [0.4, 0.5) is 5.69 Å². The zero-order valence-electron chi connectivity index (χ0n) is 20.0. The van der Waals surface area contributed by atoms with Crippen molar-refractivity contribution in [1.29, 1.82) is 0 Å². The molecule has 2 aromatic carbocycles. The van der Waals surface area contributed by atoms with Gasteiger partial charge in [-0.15, -0.1) is 0 Å². The minimum atomic E-state index is -1.48. The number of benzene rings is 2. The number of ether oxygens (including phenoxy) is 2. The van der Waals surface area contributed by atoms with Crippen molar-refractivity contribution >= 4 is 23.5 Å². The Morgan fingerprint density at radius 2 is 1.86 bits per heavy atom. The number of hydrogen-bond acceptors (Lipinski definition) is 7. The molecule has 0 aromatic heterocycles. The summed E-state index contributed by atoms with van der Waals surface area (Å²) in [6, 6.07) is 15.6. The summed E-state index contributed by atoms with van der Waals surface area (Å²) in [4.78, 5) is 34.1. The lowest BCUT2D eigenvalue weighted by atomic mass is 9.90. The number of nitrogens with zero attached hydrogens (tertiary/aromatic N) is 3. The molecule has 0 saturated heterocycles. The summed E-state index contributed by atoms with van der Waals surface area (Å²) >= 11 is 0. The second-order valence-corrected chi connectivity index (χ2v) is 9.06. The van der Waals surface area contributed by atoms with E-state index in [0.29, 0.717) is 11.5 Å². The molecule has 0 unspecified atom stereocenters. The average molecular weight is 478 g/mol. The molecule has 2 aromatic rings. The Morgan fingerprint density at radius 3 is 2.51 bits per heavy atom. The molecule has 1 aliphatic carbocycles. The first-order valence-corrected chi connectivity index (χ1v) is 12.3. The fourth-order valence-electron chi connectivity index (χ4n) is 4.41. The van der Waals surface area contributed by atoms with E-state index in [1.165, 1.54) is 18.6 Å². The largest absolute Gasteiger partial charge is 0.463 e. The highest BCUT2D eigenvalue weighted by molar-refractivity contribution is 6.19. The van der Waals surface area contributed by atoms with Crippen molar-refractivity contribution in [3.63, 3.8) is 0 Å². The van der Waals surface area contributed by atoms with Crippen LogP contribution in [0.3, 0.4) is 0 Å². The van der Waals surface area contributed by atoms with Gasteiger partial charge in [0.25, 0.3) is 5.69 Å². The van der Waals surface area contributed by atoms with Crippen LogP contribution in [0.15, 0.2) is 64.6 Å². The first-order valence-electron chi connectivity index (χ1n) is 12.3. The van der Waals surface area contributed by atoms with Crippen LogP contribution in [0, 0.1) is 10.1 Å². The van der Waals surface area contributed by atoms with Gasteiger partial charge in [-0.25, -0.2) is 14.8 Å². The summed E-state index contributed by atoms with van der Waals surface area (Å²) < 4.78 is 11.9. The van der Waals surface area contributed by atoms with E-state index < -0.39 is 16.4 Å². The Kier molecular flexibility index (Phi) is 7.90. The van der Waals surface area contributed by atoms with Crippen LogP contribution in [0.5, 0.6) is 0 Å². The molecule has 0 radical (unpaired) electrons. The van der Waals surface area contributed by atoms with Crippen molar-refractivity contribution < 1.29 is 19.2 Å². The van der Waals surface area contributed by atoms with E-state index in [4.69, 9.17) is 19.5 Å². The molecule has 0 amide bonds. The smallest absolute Gasteiger partial charge is 0.344 e. The van der Waals surface area contributed by atoms with E-state index in [0.717, 1.165) is 44.1 Å². The molecular weight excluding hydrogens is 446 g/mol. The van der Waals surface area contributed by atoms with E-state index in [1.807, 2.05) is 37.3 Å². The van der Waals surface area contributed by atoms with Gasteiger partial charge in [0.15, 0.2) is 0 Å². The Balaban J connectivity index is 1.77. The van der Waals surface area contributed by atoms with Crippen LogP contribution in [0.1, 0.15) is 63.0 Å². The summed E-state index contributed by atoms with van der Waals surface area (Å²) in [5.41, 5.74) is -0.0376. The van der Waals surface area contributed by atoms with Crippen molar-refractivity contribution in [3.05, 3.63) is 75.8 Å². The summed E-state index contributed by atoms with van der Waals surface area (Å²) in [5, 5.41) is 11.1. The summed E-state index contributed by atoms with van der Waals surface area (Å²) in [6.45, 7) is 2.31. The Morgan fingerprint density at radius 1 is 1.14 bits per heavy atom. The molecule has 1 saturated carbocycles. The highest BCUT2D eigenvalue weighted by atomic mass is 16.6. The van der Waals surface area contributed by atoms with Gasteiger partial charge in [-0.1, -0.05) is 62.9 Å². The molecule has 8 heteroatoms. The van der Waals surface area contributed by atoms with Gasteiger partial charge in [0.05, 0.1) is 17.6 Å². The van der Waals surface area contributed by atoms with Crippen LogP contribution in [-0.2, 0) is 20.7 Å². The Hall–Kier alpha value is -3.55. The lowest BCUT2D eigenvalue weighted by Gasteiger charge is -2.25. The highest BCUT2D eigenvalue weighted by Crippen LogP contribution is 2.33. The molecule has 1 aliphatic heterocycles. The summed E-state index contributed by atoms with van der Waals surface area (Å²) in [7, 11) is 0. The number of carbonyl (C=O) groups is 1. The van der Waals surface area contributed by atoms with E-state index in [2.05, 4.69) is 0 Å². The number of aliphatic imine (C=N–C) groups is 2. The first-order chi connectivity index (χ1) is 17.0. The maximum Gasteiger partial charge on any atom is 0.344 e. The van der Waals surface area contributed by atoms with Crippen LogP contribution in [0.2, 0.25) is 0 Å². The molecule has 0 spiro atoms. The van der Waals surface area contributed by atoms with Gasteiger partial charge in [-0.3, -0.25) is 10.1 Å². The van der Waals surface area contributed by atoms with E-state index >= 15 is 0 Å². The van der Waals surface area contributed by atoms with E-state index in [1.54, 1.807) is 12.1 Å². The number of nitro groups is 1. The second kappa shape index (κ2) is 11.3. The van der Waals surface area contributed by atoms with E-state index in [-0.39, 0.29) is 30.7 Å². The molecule has 1 heterocycles. The number of carbonyl (C=O) groups excluding carboxylic acids is 1. The fourth-order valence-corrected chi connectivity index (χ4v) is 4.41. The quantitative estimate of drug-likeness (QED) is 0.207. The average Bonchev–Trinajstić information content (AvgIpc) is 3.24. The number of hydrogen-bond donors (Lipinski definition) is 0. The fraction of sp³-hybridized carbons (Fsp3) is 0.444. The lowest BCUT2D eigenvalue weighted by Crippen LogP contribution is -2.47. The predicted octanol–water partition coefficient (Wildman–Crippen LogP) is 5.43. The van der Waals surface area contributed by atoms with Crippen molar-refractivity contribution in [1.82, 2.24) is 0 Å². The van der Waals surface area contributed by atoms with Gasteiger partial charge in [0.1, 0.15) is 0 Å². The van der Waals surface area contributed by atoms with Gasteiger partial charge in [0.2, 0.25) is 17.3 Å². The van der Waals surface area contributed by atoms with Gasteiger partial charge in [-0.2, -0.15) is 0 Å². The summed E-state index contributed by atoms with van der Waals surface area (Å²) in [5.74, 6) is 0.0717. The van der Waals surface area contributed by atoms with Gasteiger partial charge in [-0.05, 0) is 37.0 Å². The molecule has 35 heavy (non-hydrogen) atoms. The third-order valence-electron chi connectivity index (χ3n) is 6.41. The number of nitro benzene ring substituents is 1. The molecule has 1 fully saturated rings. The molecular formula is C27H31N3O5. The minimum absolute atomic E-state index is 0.0134. The monoisotopic (exact) mass is 477 g/mol. The van der Waals surface area contributed by atoms with Gasteiger partial charge >= 0.3 is 5.97 Å². The molecule has 0 N–H and O–H groups in total. The maximum atomic E-state index is 13.7. The number of unbranched alkanes of at least 4 members (excludes halogenated alkanes) is 1. The second-order valence-electron chi connectivity index (χ2n) is 9.06. The third-order valence-corrected chi connectivity index (χ3v) is 6.41. The van der Waals surface area contributed by atoms with Gasteiger partial charge in [0, 0.05) is 24.1 Å². The minimum Gasteiger partial charge on any atom is -0.463 e. The van der Waals surface area contributed by atoms with Crippen molar-refractivity contribution in [3.8, 4) is 0 Å². The van der Waals surface area contributed by atoms with Gasteiger partial charge < -0.3 is 9.47 Å². The van der Waals surface area contributed by atoms with Crippen LogP contribution >= 0.6 is 0 Å². The number of non-ortho nitro benzene ring substituents is 1. The first kappa shape index (κ1) is 24.6. The van der Waals surface area contributed by atoms with Crippen LogP contribution in [0.25, 0.3) is 0 Å². The Bertz CT molecular complexity index is 1090. The number of esters is 1. The predicted molar refractivity (Wildman–Crippen MR) is 134 cm³/mol. The van der Waals surface area contributed by atoms with Crippen molar-refractivity contribution in [2.24, 2.45) is 9.98 Å². The molecule has 8 nitrogen and oxygen atoms in total. The Labute approximate surface area is 205 Å². The van der Waals surface area contributed by atoms with Crippen molar-refractivity contribution in [2.45, 2.75) is 69.9 Å². The van der Waals surface area contributed by atoms with E-state index in [9.17, 15) is 14.9 Å². The number of rotatable bonds is 9.